The first-order chi connectivity index (χ1) is 14.8. The number of aromatic nitrogens is 1. The van der Waals surface area contributed by atoms with E-state index in [1.807, 2.05) is 65.6 Å². The van der Waals surface area contributed by atoms with Crippen molar-refractivity contribution in [1.29, 1.82) is 0 Å². The van der Waals surface area contributed by atoms with Crippen LogP contribution >= 0.6 is 0 Å². The van der Waals surface area contributed by atoms with E-state index in [-0.39, 0.29) is 5.91 Å². The lowest BCUT2D eigenvalue weighted by Gasteiger charge is -2.34. The molecule has 0 aliphatic carbocycles. The summed E-state index contributed by atoms with van der Waals surface area (Å²) in [5.41, 5.74) is 3.54. The molecule has 0 atom stereocenters. The van der Waals surface area contributed by atoms with Crippen LogP contribution in [-0.4, -0.2) is 53.4 Å². The number of hydrogen-bond donors (Lipinski definition) is 1. The van der Waals surface area contributed by atoms with Gasteiger partial charge in [0.15, 0.2) is 0 Å². The Morgan fingerprint density at radius 3 is 2.33 bits per heavy atom. The lowest BCUT2D eigenvalue weighted by molar-refractivity contribution is 0.0644. The van der Waals surface area contributed by atoms with Crippen molar-refractivity contribution in [3.63, 3.8) is 0 Å². The van der Waals surface area contributed by atoms with Crippen LogP contribution in [0.5, 0.6) is 0 Å². The second-order valence-corrected chi connectivity index (χ2v) is 7.33. The largest absolute Gasteiger partial charge is 0.355 e. The number of para-hydroxylation sites is 1. The number of piperazine rings is 1. The maximum absolute atomic E-state index is 12.9. The first kappa shape index (κ1) is 19.9. The zero-order valence-corrected chi connectivity index (χ0v) is 16.9. The lowest BCUT2D eigenvalue weighted by Crippen LogP contribution is -2.48. The van der Waals surface area contributed by atoms with Crippen molar-refractivity contribution in [1.82, 2.24) is 14.8 Å². The highest BCUT2D eigenvalue weighted by atomic mass is 16.2. The Morgan fingerprint density at radius 1 is 0.900 bits per heavy atom. The van der Waals surface area contributed by atoms with Gasteiger partial charge in [-0.05, 0) is 29.8 Å². The molecule has 0 saturated carbocycles. The van der Waals surface area contributed by atoms with E-state index >= 15 is 0 Å². The summed E-state index contributed by atoms with van der Waals surface area (Å²) in [6, 6.07) is 23.9. The first-order valence-corrected chi connectivity index (χ1v) is 10.3. The smallest absolute Gasteiger partial charge is 0.272 e. The minimum atomic E-state index is -0.00816. The molecule has 0 spiro atoms. The molecule has 0 bridgehead atoms. The maximum Gasteiger partial charge on any atom is 0.272 e. The van der Waals surface area contributed by atoms with E-state index in [2.05, 4.69) is 39.5 Å². The summed E-state index contributed by atoms with van der Waals surface area (Å²) >= 11 is 0. The van der Waals surface area contributed by atoms with Crippen LogP contribution in [0.3, 0.4) is 0 Å². The number of nitrogens with zero attached hydrogens (tertiary/aromatic N) is 3. The van der Waals surface area contributed by atoms with E-state index in [4.69, 9.17) is 0 Å². The molecule has 152 valence electrons. The fraction of sp³-hybridized carbons (Fsp3) is 0.200. The molecule has 3 aromatic rings. The van der Waals surface area contributed by atoms with E-state index in [0.29, 0.717) is 5.69 Å². The second kappa shape index (κ2) is 9.85. The molecule has 1 aliphatic heterocycles. The molecule has 5 heteroatoms. The molecule has 2 heterocycles. The minimum absolute atomic E-state index is 0.00816. The normalized spacial score (nSPS) is 14.7. The van der Waals surface area contributed by atoms with Crippen LogP contribution in [0.4, 0.5) is 11.4 Å². The van der Waals surface area contributed by atoms with Gasteiger partial charge in [0.25, 0.3) is 5.91 Å². The Balaban J connectivity index is 1.30. The number of benzene rings is 2. The summed E-state index contributed by atoms with van der Waals surface area (Å²) in [7, 11) is 0. The predicted molar refractivity (Wildman–Crippen MR) is 122 cm³/mol. The third kappa shape index (κ3) is 5.33. The van der Waals surface area contributed by atoms with Crippen molar-refractivity contribution in [2.75, 3.05) is 38.0 Å². The SMILES string of the molecule is O=C(c1cc(Nc2ccccc2)ccn1)N1CCN(C/C=C/c2ccccc2)CC1. The third-order valence-electron chi connectivity index (χ3n) is 5.17. The van der Waals surface area contributed by atoms with Crippen molar-refractivity contribution in [3.05, 3.63) is 96.3 Å². The molecule has 30 heavy (non-hydrogen) atoms. The minimum Gasteiger partial charge on any atom is -0.355 e. The van der Waals surface area contributed by atoms with Gasteiger partial charge in [0.05, 0.1) is 0 Å². The molecule has 1 amide bonds. The van der Waals surface area contributed by atoms with Crippen LogP contribution in [-0.2, 0) is 0 Å². The molecular formula is C25H26N4O. The first-order valence-electron chi connectivity index (χ1n) is 10.3. The van der Waals surface area contributed by atoms with E-state index in [1.54, 1.807) is 6.20 Å². The number of anilines is 2. The zero-order valence-electron chi connectivity index (χ0n) is 16.9. The van der Waals surface area contributed by atoms with Gasteiger partial charge in [-0.3, -0.25) is 14.7 Å². The highest BCUT2D eigenvalue weighted by Crippen LogP contribution is 2.17. The molecule has 2 aromatic carbocycles. The quantitative estimate of drug-likeness (QED) is 0.673. The second-order valence-electron chi connectivity index (χ2n) is 7.33. The Morgan fingerprint density at radius 2 is 1.60 bits per heavy atom. The average Bonchev–Trinajstić information content (AvgIpc) is 2.81. The number of pyridine rings is 1. The topological polar surface area (TPSA) is 48.5 Å². The fourth-order valence-corrected chi connectivity index (χ4v) is 3.51. The molecule has 0 unspecified atom stereocenters. The zero-order chi connectivity index (χ0) is 20.6. The van der Waals surface area contributed by atoms with Crippen LogP contribution in [0, 0.1) is 0 Å². The number of rotatable bonds is 6. The maximum atomic E-state index is 12.9. The number of carbonyl (C=O) groups is 1. The van der Waals surface area contributed by atoms with Crippen LogP contribution in [0.15, 0.2) is 85.1 Å². The highest BCUT2D eigenvalue weighted by molar-refractivity contribution is 5.93. The Bertz CT molecular complexity index is 980. The van der Waals surface area contributed by atoms with Crippen molar-refractivity contribution in [3.8, 4) is 0 Å². The third-order valence-corrected chi connectivity index (χ3v) is 5.17. The molecule has 0 radical (unpaired) electrons. The molecule has 1 N–H and O–H groups in total. The van der Waals surface area contributed by atoms with E-state index in [9.17, 15) is 4.79 Å². The van der Waals surface area contributed by atoms with Gasteiger partial charge in [-0.25, -0.2) is 0 Å². The van der Waals surface area contributed by atoms with Gasteiger partial charge in [0, 0.05) is 50.3 Å². The van der Waals surface area contributed by atoms with Gasteiger partial charge in [0.2, 0.25) is 0 Å². The van der Waals surface area contributed by atoms with Crippen molar-refractivity contribution in [2.45, 2.75) is 0 Å². The summed E-state index contributed by atoms with van der Waals surface area (Å²) in [4.78, 5) is 21.5. The van der Waals surface area contributed by atoms with Crippen LogP contribution in [0.2, 0.25) is 0 Å². The molecule has 1 aliphatic rings. The summed E-state index contributed by atoms with van der Waals surface area (Å²) in [5, 5.41) is 3.32. The number of nitrogens with one attached hydrogen (secondary N) is 1. The molecular weight excluding hydrogens is 372 g/mol. The van der Waals surface area contributed by atoms with Gasteiger partial charge in [-0.1, -0.05) is 60.7 Å². The molecule has 1 fully saturated rings. The van der Waals surface area contributed by atoms with Crippen LogP contribution in [0.1, 0.15) is 16.1 Å². The van der Waals surface area contributed by atoms with Gasteiger partial charge in [-0.2, -0.15) is 0 Å². The van der Waals surface area contributed by atoms with E-state index in [1.165, 1.54) is 5.56 Å². The molecule has 5 nitrogen and oxygen atoms in total. The highest BCUT2D eigenvalue weighted by Gasteiger charge is 2.22. The van der Waals surface area contributed by atoms with Crippen molar-refractivity contribution < 1.29 is 4.79 Å². The predicted octanol–water partition coefficient (Wildman–Crippen LogP) is 4.30. The molecule has 1 aromatic heterocycles. The van der Waals surface area contributed by atoms with E-state index < -0.39 is 0 Å². The van der Waals surface area contributed by atoms with Crippen LogP contribution < -0.4 is 5.32 Å². The van der Waals surface area contributed by atoms with Crippen LogP contribution in [0.25, 0.3) is 6.08 Å². The van der Waals surface area contributed by atoms with Crippen molar-refractivity contribution >= 4 is 23.4 Å². The Kier molecular flexibility index (Phi) is 6.52. The van der Waals surface area contributed by atoms with Gasteiger partial charge in [0.1, 0.15) is 5.69 Å². The van der Waals surface area contributed by atoms with Crippen molar-refractivity contribution in [2.24, 2.45) is 0 Å². The standard InChI is InChI=1S/C25H26N4O/c30-25(24-20-23(13-14-26-24)27-22-11-5-2-6-12-22)29-18-16-28(17-19-29)15-7-10-21-8-3-1-4-9-21/h1-14,20H,15-19H2,(H,26,27)/b10-7+. The fourth-order valence-electron chi connectivity index (χ4n) is 3.51. The summed E-state index contributed by atoms with van der Waals surface area (Å²) in [6.45, 7) is 4.07. The number of carbonyl (C=O) groups excluding carboxylic acids is 1. The number of amides is 1. The lowest BCUT2D eigenvalue weighted by atomic mass is 10.2. The van der Waals surface area contributed by atoms with Gasteiger partial charge < -0.3 is 10.2 Å². The summed E-state index contributed by atoms with van der Waals surface area (Å²) in [5.74, 6) is -0.00816. The van der Waals surface area contributed by atoms with E-state index in [0.717, 1.165) is 44.1 Å². The summed E-state index contributed by atoms with van der Waals surface area (Å²) in [6.07, 6.45) is 6.02. The average molecular weight is 399 g/mol. The monoisotopic (exact) mass is 398 g/mol. The van der Waals surface area contributed by atoms with Gasteiger partial charge >= 0.3 is 0 Å². The molecule has 4 rings (SSSR count). The summed E-state index contributed by atoms with van der Waals surface area (Å²) < 4.78 is 0. The number of hydrogen-bond acceptors (Lipinski definition) is 4. The molecule has 1 saturated heterocycles. The Labute approximate surface area is 177 Å². The Hall–Kier alpha value is -3.44. The van der Waals surface area contributed by atoms with Gasteiger partial charge in [-0.15, -0.1) is 0 Å².